The van der Waals surface area contributed by atoms with Crippen LogP contribution in [-0.4, -0.2) is 42.7 Å². The fraction of sp³-hybridized carbons (Fsp3) is 0.818. The lowest BCUT2D eigenvalue weighted by Gasteiger charge is -2.22. The molecular formula is C11H18N2O3. The molecule has 0 aromatic heterocycles. The van der Waals surface area contributed by atoms with Crippen LogP contribution >= 0.6 is 0 Å². The first-order chi connectivity index (χ1) is 7.77. The number of esters is 1. The van der Waals surface area contributed by atoms with Crippen LogP contribution < -0.4 is 5.32 Å². The van der Waals surface area contributed by atoms with E-state index in [1.807, 2.05) is 0 Å². The number of carbonyl (C=O) groups excluding carboxylic acids is 1. The van der Waals surface area contributed by atoms with E-state index in [9.17, 15) is 9.90 Å². The number of nitrogens with zero attached hydrogens (tertiary/aromatic N) is 1. The Bertz CT molecular complexity index is 274. The van der Waals surface area contributed by atoms with Crippen LogP contribution in [0.4, 0.5) is 0 Å². The molecule has 2 N–H and O–H groups in total. The molecule has 1 aliphatic heterocycles. The predicted octanol–water partition coefficient (Wildman–Crippen LogP) is 0.0808. The maximum atomic E-state index is 11.6. The average Bonchev–Trinajstić information content (AvgIpc) is 2.83. The zero-order chi connectivity index (χ0) is 11.4. The van der Waals surface area contributed by atoms with Gasteiger partial charge in [0.15, 0.2) is 6.10 Å². The van der Waals surface area contributed by atoms with E-state index >= 15 is 0 Å². The van der Waals surface area contributed by atoms with Crippen LogP contribution in [0.15, 0.2) is 4.99 Å². The number of aliphatic hydroxyl groups excluding tert-OH is 1. The van der Waals surface area contributed by atoms with Crippen LogP contribution in [0.25, 0.3) is 0 Å². The van der Waals surface area contributed by atoms with Gasteiger partial charge in [0.1, 0.15) is 6.10 Å². The summed E-state index contributed by atoms with van der Waals surface area (Å²) in [6, 6.07) is 0. The minimum Gasteiger partial charge on any atom is -0.457 e. The normalized spacial score (nSPS) is 27.4. The zero-order valence-electron chi connectivity index (χ0n) is 9.26. The lowest BCUT2D eigenvalue weighted by Crippen LogP contribution is -2.40. The molecule has 0 aromatic rings. The third kappa shape index (κ3) is 2.72. The molecule has 2 atom stereocenters. The molecule has 0 saturated heterocycles. The molecular weight excluding hydrogens is 208 g/mol. The van der Waals surface area contributed by atoms with Crippen molar-refractivity contribution in [1.82, 2.24) is 5.32 Å². The fourth-order valence-electron chi connectivity index (χ4n) is 2.26. The lowest BCUT2D eigenvalue weighted by molar-refractivity contribution is -0.161. The fourth-order valence-corrected chi connectivity index (χ4v) is 2.26. The highest BCUT2D eigenvalue weighted by Gasteiger charge is 2.31. The molecule has 5 heteroatoms. The summed E-state index contributed by atoms with van der Waals surface area (Å²) in [5, 5.41) is 12.7. The third-order valence-electron chi connectivity index (χ3n) is 3.21. The molecule has 0 amide bonds. The molecule has 0 spiro atoms. The van der Waals surface area contributed by atoms with Gasteiger partial charge in [-0.1, -0.05) is 12.8 Å². The van der Waals surface area contributed by atoms with Crippen molar-refractivity contribution in [3.63, 3.8) is 0 Å². The van der Waals surface area contributed by atoms with Gasteiger partial charge in [-0.2, -0.15) is 0 Å². The van der Waals surface area contributed by atoms with Crippen molar-refractivity contribution in [1.29, 1.82) is 0 Å². The molecule has 16 heavy (non-hydrogen) atoms. The molecule has 1 saturated carbocycles. The highest BCUT2D eigenvalue weighted by Crippen LogP contribution is 2.28. The third-order valence-corrected chi connectivity index (χ3v) is 3.21. The number of carbonyl (C=O) groups is 1. The first-order valence-corrected chi connectivity index (χ1v) is 5.87. The van der Waals surface area contributed by atoms with Crippen molar-refractivity contribution >= 4 is 12.3 Å². The molecule has 2 aliphatic rings. The van der Waals surface area contributed by atoms with Crippen LogP contribution in [0.1, 0.15) is 25.7 Å². The van der Waals surface area contributed by atoms with Crippen LogP contribution in [0.3, 0.4) is 0 Å². The number of ether oxygens (including phenoxy) is 1. The van der Waals surface area contributed by atoms with Crippen LogP contribution in [-0.2, 0) is 9.53 Å². The molecule has 0 bridgehead atoms. The topological polar surface area (TPSA) is 70.9 Å². The van der Waals surface area contributed by atoms with Gasteiger partial charge < -0.3 is 15.2 Å². The van der Waals surface area contributed by atoms with Gasteiger partial charge in [0.2, 0.25) is 0 Å². The Balaban J connectivity index is 1.79. The van der Waals surface area contributed by atoms with E-state index in [-0.39, 0.29) is 12.0 Å². The second-order valence-electron chi connectivity index (χ2n) is 4.45. The van der Waals surface area contributed by atoms with E-state index in [0.717, 1.165) is 25.7 Å². The average molecular weight is 226 g/mol. The van der Waals surface area contributed by atoms with E-state index < -0.39 is 12.1 Å². The highest BCUT2D eigenvalue weighted by atomic mass is 16.6. The maximum Gasteiger partial charge on any atom is 0.335 e. The first-order valence-electron chi connectivity index (χ1n) is 5.87. The smallest absolute Gasteiger partial charge is 0.335 e. The van der Waals surface area contributed by atoms with Gasteiger partial charge in [-0.05, 0) is 18.8 Å². The van der Waals surface area contributed by atoms with Gasteiger partial charge in [0.05, 0.1) is 19.4 Å². The van der Waals surface area contributed by atoms with Gasteiger partial charge in [-0.3, -0.25) is 4.99 Å². The SMILES string of the molecule is O=C(OC1CN=CNC1)C(O)C1CCCC1. The molecule has 5 nitrogen and oxygen atoms in total. The van der Waals surface area contributed by atoms with Crippen LogP contribution in [0.2, 0.25) is 0 Å². The van der Waals surface area contributed by atoms with Gasteiger partial charge in [0.25, 0.3) is 0 Å². The molecule has 2 unspecified atom stereocenters. The lowest BCUT2D eigenvalue weighted by atomic mass is 10.0. The minimum atomic E-state index is -0.951. The number of rotatable bonds is 3. The van der Waals surface area contributed by atoms with Crippen molar-refractivity contribution in [3.05, 3.63) is 0 Å². The number of hydrogen-bond acceptors (Lipinski definition) is 5. The Hall–Kier alpha value is -1.10. The second kappa shape index (κ2) is 5.30. The molecule has 1 heterocycles. The molecule has 1 fully saturated rings. The molecule has 90 valence electrons. The summed E-state index contributed by atoms with van der Waals surface area (Å²) in [5.41, 5.74) is 0. The van der Waals surface area contributed by atoms with Crippen LogP contribution in [0.5, 0.6) is 0 Å². The molecule has 0 radical (unpaired) electrons. The summed E-state index contributed by atoms with van der Waals surface area (Å²) in [6.07, 6.45) is 4.48. The van der Waals surface area contributed by atoms with Gasteiger partial charge in [-0.25, -0.2) is 4.79 Å². The van der Waals surface area contributed by atoms with Gasteiger partial charge >= 0.3 is 5.97 Å². The number of aliphatic hydroxyl groups is 1. The summed E-state index contributed by atoms with van der Waals surface area (Å²) in [4.78, 5) is 15.6. The first kappa shape index (κ1) is 11.4. The van der Waals surface area contributed by atoms with Crippen molar-refractivity contribution in [2.24, 2.45) is 10.9 Å². The zero-order valence-corrected chi connectivity index (χ0v) is 9.26. The Kier molecular flexibility index (Phi) is 3.77. The molecule has 2 rings (SSSR count). The Morgan fingerprint density at radius 2 is 2.25 bits per heavy atom. The van der Waals surface area contributed by atoms with Crippen molar-refractivity contribution in [2.45, 2.75) is 37.9 Å². The Morgan fingerprint density at radius 3 is 2.88 bits per heavy atom. The Labute approximate surface area is 94.9 Å². The van der Waals surface area contributed by atoms with Crippen LogP contribution in [0, 0.1) is 5.92 Å². The van der Waals surface area contributed by atoms with Crippen molar-refractivity contribution in [2.75, 3.05) is 13.1 Å². The predicted molar refractivity (Wildman–Crippen MR) is 59.2 cm³/mol. The Morgan fingerprint density at radius 1 is 1.50 bits per heavy atom. The monoisotopic (exact) mass is 226 g/mol. The van der Waals surface area contributed by atoms with E-state index in [4.69, 9.17) is 4.74 Å². The largest absolute Gasteiger partial charge is 0.457 e. The molecule has 0 aromatic carbocycles. The number of nitrogens with one attached hydrogen (secondary N) is 1. The summed E-state index contributed by atoms with van der Waals surface area (Å²) >= 11 is 0. The van der Waals surface area contributed by atoms with Gasteiger partial charge in [0, 0.05) is 0 Å². The number of aliphatic imine (C=N–C) groups is 1. The quantitative estimate of drug-likeness (QED) is 0.669. The summed E-state index contributed by atoms with van der Waals surface area (Å²) in [6.45, 7) is 1.06. The maximum absolute atomic E-state index is 11.6. The molecule has 1 aliphatic carbocycles. The van der Waals surface area contributed by atoms with E-state index in [2.05, 4.69) is 10.3 Å². The van der Waals surface area contributed by atoms with Gasteiger partial charge in [-0.15, -0.1) is 0 Å². The minimum absolute atomic E-state index is 0.0903. The standard InChI is InChI=1S/C11H18N2O3/c14-10(8-3-1-2-4-8)11(15)16-9-5-12-7-13-6-9/h7-10,14H,1-6H2,(H,12,13). The van der Waals surface area contributed by atoms with E-state index in [1.165, 1.54) is 0 Å². The van der Waals surface area contributed by atoms with Crippen molar-refractivity contribution in [3.8, 4) is 0 Å². The number of hydrogen-bond donors (Lipinski definition) is 2. The summed E-state index contributed by atoms with van der Waals surface area (Å²) in [5.74, 6) is -0.400. The van der Waals surface area contributed by atoms with Crippen molar-refractivity contribution < 1.29 is 14.6 Å². The summed E-state index contributed by atoms with van der Waals surface area (Å²) < 4.78 is 5.20. The highest BCUT2D eigenvalue weighted by molar-refractivity contribution is 5.75. The van der Waals surface area contributed by atoms with E-state index in [1.54, 1.807) is 6.34 Å². The van der Waals surface area contributed by atoms with E-state index in [0.29, 0.717) is 13.1 Å². The second-order valence-corrected chi connectivity index (χ2v) is 4.45. The summed E-state index contributed by atoms with van der Waals surface area (Å²) in [7, 11) is 0.